The van der Waals surface area contributed by atoms with Gasteiger partial charge in [0, 0.05) is 6.20 Å². The molecule has 2 aromatic heterocycles. The molecule has 0 radical (unpaired) electrons. The molecule has 15 heavy (non-hydrogen) atoms. The van der Waals surface area contributed by atoms with Gasteiger partial charge in [-0.3, -0.25) is 4.98 Å². The van der Waals surface area contributed by atoms with Gasteiger partial charge in [-0.25, -0.2) is 9.67 Å². The Kier molecular flexibility index (Phi) is 2.32. The molecule has 2 aromatic rings. The molecule has 0 amide bonds. The fourth-order valence-electron chi connectivity index (χ4n) is 1.22. The Balaban J connectivity index is 2.58. The summed E-state index contributed by atoms with van der Waals surface area (Å²) in [7, 11) is 0. The molecule has 5 nitrogen and oxygen atoms in total. The number of nitrogen functional groups attached to an aromatic ring is 1. The lowest BCUT2D eigenvalue weighted by Gasteiger charge is -2.03. The quantitative estimate of drug-likeness (QED) is 0.796. The predicted octanol–water partition coefficient (Wildman–Crippen LogP) is 1.51. The zero-order valence-corrected chi connectivity index (χ0v) is 9.15. The minimum atomic E-state index is 0.291. The molecular formula is C9H10ClN5. The first-order valence-corrected chi connectivity index (χ1v) is 4.77. The predicted molar refractivity (Wildman–Crippen MR) is 58.1 cm³/mol. The van der Waals surface area contributed by atoms with Crippen LogP contribution in [0, 0.1) is 13.8 Å². The van der Waals surface area contributed by atoms with Crippen LogP contribution in [0.5, 0.6) is 0 Å². The summed E-state index contributed by atoms with van der Waals surface area (Å²) in [5, 5.41) is 4.46. The zero-order chi connectivity index (χ0) is 11.0. The molecule has 78 valence electrons. The van der Waals surface area contributed by atoms with E-state index in [1.807, 2.05) is 13.8 Å². The molecule has 0 saturated carbocycles. The van der Waals surface area contributed by atoms with Gasteiger partial charge in [0.1, 0.15) is 5.02 Å². The van der Waals surface area contributed by atoms with Gasteiger partial charge in [-0.15, -0.1) is 5.10 Å². The number of rotatable bonds is 1. The number of nitrogens with zero attached hydrogens (tertiary/aromatic N) is 4. The average molecular weight is 224 g/mol. The molecule has 0 unspecified atom stereocenters. The SMILES string of the molecule is Cc1cnc(C)c(-n2cc(Cl)c(N)n2)n1. The third-order valence-corrected chi connectivity index (χ3v) is 2.25. The lowest BCUT2D eigenvalue weighted by atomic mass is 10.4. The van der Waals surface area contributed by atoms with E-state index in [1.54, 1.807) is 12.4 Å². The average Bonchev–Trinajstić information content (AvgIpc) is 2.51. The fraction of sp³-hybridized carbons (Fsp3) is 0.222. The number of anilines is 1. The topological polar surface area (TPSA) is 69.6 Å². The summed E-state index contributed by atoms with van der Waals surface area (Å²) in [6.45, 7) is 3.72. The van der Waals surface area contributed by atoms with E-state index in [0.717, 1.165) is 11.4 Å². The van der Waals surface area contributed by atoms with Crippen molar-refractivity contribution in [2.75, 3.05) is 5.73 Å². The Labute approximate surface area is 91.9 Å². The van der Waals surface area contributed by atoms with Crippen molar-refractivity contribution in [1.82, 2.24) is 19.7 Å². The van der Waals surface area contributed by atoms with Gasteiger partial charge in [0.25, 0.3) is 0 Å². The molecule has 0 aliphatic heterocycles. The lowest BCUT2D eigenvalue weighted by Crippen LogP contribution is -2.04. The Morgan fingerprint density at radius 3 is 2.73 bits per heavy atom. The third kappa shape index (κ3) is 1.78. The molecule has 2 N–H and O–H groups in total. The van der Waals surface area contributed by atoms with Crippen molar-refractivity contribution in [2.24, 2.45) is 0 Å². The van der Waals surface area contributed by atoms with Crippen LogP contribution in [-0.4, -0.2) is 19.7 Å². The highest BCUT2D eigenvalue weighted by Crippen LogP contribution is 2.18. The number of hydrogen-bond donors (Lipinski definition) is 1. The Hall–Kier alpha value is -1.62. The molecule has 2 heterocycles. The van der Waals surface area contributed by atoms with Crippen molar-refractivity contribution in [3.8, 4) is 5.82 Å². The van der Waals surface area contributed by atoms with Crippen molar-refractivity contribution in [2.45, 2.75) is 13.8 Å². The van der Waals surface area contributed by atoms with Gasteiger partial charge in [-0.05, 0) is 13.8 Å². The molecule has 0 bridgehead atoms. The molecule has 0 spiro atoms. The first kappa shape index (κ1) is 9.92. The second kappa shape index (κ2) is 3.51. The highest BCUT2D eigenvalue weighted by atomic mass is 35.5. The molecule has 0 aromatic carbocycles. The van der Waals surface area contributed by atoms with Gasteiger partial charge in [0.2, 0.25) is 0 Å². The van der Waals surface area contributed by atoms with E-state index in [1.165, 1.54) is 4.68 Å². The van der Waals surface area contributed by atoms with Gasteiger partial charge in [0.05, 0.1) is 17.6 Å². The normalized spacial score (nSPS) is 10.6. The first-order chi connectivity index (χ1) is 7.08. The van der Waals surface area contributed by atoms with Crippen molar-refractivity contribution in [3.63, 3.8) is 0 Å². The zero-order valence-electron chi connectivity index (χ0n) is 8.40. The van der Waals surface area contributed by atoms with Crippen LogP contribution in [0.15, 0.2) is 12.4 Å². The van der Waals surface area contributed by atoms with E-state index >= 15 is 0 Å². The largest absolute Gasteiger partial charge is 0.381 e. The molecule has 0 atom stereocenters. The molecule has 0 aliphatic rings. The summed E-state index contributed by atoms with van der Waals surface area (Å²) in [5.74, 6) is 0.938. The van der Waals surface area contributed by atoms with E-state index in [9.17, 15) is 0 Å². The summed E-state index contributed by atoms with van der Waals surface area (Å²) >= 11 is 5.81. The van der Waals surface area contributed by atoms with E-state index in [4.69, 9.17) is 17.3 Å². The number of aromatic nitrogens is 4. The summed E-state index contributed by atoms with van der Waals surface area (Å²) in [6.07, 6.45) is 3.32. The number of aryl methyl sites for hydroxylation is 2. The standard InChI is InChI=1S/C9H10ClN5/c1-5-3-12-6(2)9(13-5)15-4-7(10)8(11)14-15/h3-4H,1-2H3,(H2,11,14). The van der Waals surface area contributed by atoms with Crippen LogP contribution in [0.25, 0.3) is 5.82 Å². The van der Waals surface area contributed by atoms with E-state index < -0.39 is 0 Å². The Morgan fingerprint density at radius 1 is 1.40 bits per heavy atom. The van der Waals surface area contributed by atoms with Gasteiger partial charge < -0.3 is 5.73 Å². The summed E-state index contributed by atoms with van der Waals surface area (Å²) in [4.78, 5) is 8.51. The molecule has 0 aliphatic carbocycles. The van der Waals surface area contributed by atoms with Crippen LogP contribution in [0.2, 0.25) is 5.02 Å². The minimum Gasteiger partial charge on any atom is -0.381 e. The fourth-order valence-corrected chi connectivity index (χ4v) is 1.35. The van der Waals surface area contributed by atoms with Crippen molar-refractivity contribution >= 4 is 17.4 Å². The van der Waals surface area contributed by atoms with Crippen LogP contribution in [0.4, 0.5) is 5.82 Å². The van der Waals surface area contributed by atoms with Crippen LogP contribution in [0.1, 0.15) is 11.4 Å². The van der Waals surface area contributed by atoms with Crippen LogP contribution >= 0.6 is 11.6 Å². The maximum absolute atomic E-state index is 5.81. The van der Waals surface area contributed by atoms with E-state index in [0.29, 0.717) is 16.7 Å². The second-order valence-corrected chi connectivity index (χ2v) is 3.63. The first-order valence-electron chi connectivity index (χ1n) is 4.39. The number of halogens is 1. The van der Waals surface area contributed by atoms with Crippen LogP contribution < -0.4 is 5.73 Å². The maximum Gasteiger partial charge on any atom is 0.175 e. The van der Waals surface area contributed by atoms with Crippen LogP contribution in [-0.2, 0) is 0 Å². The highest BCUT2D eigenvalue weighted by Gasteiger charge is 2.09. The molecule has 0 saturated heterocycles. The lowest BCUT2D eigenvalue weighted by molar-refractivity contribution is 0.820. The molecule has 0 fully saturated rings. The van der Waals surface area contributed by atoms with Crippen molar-refractivity contribution < 1.29 is 0 Å². The number of nitrogens with two attached hydrogens (primary N) is 1. The van der Waals surface area contributed by atoms with Crippen LogP contribution in [0.3, 0.4) is 0 Å². The smallest absolute Gasteiger partial charge is 0.175 e. The van der Waals surface area contributed by atoms with E-state index in [2.05, 4.69) is 15.1 Å². The molecular weight excluding hydrogens is 214 g/mol. The minimum absolute atomic E-state index is 0.291. The van der Waals surface area contributed by atoms with Gasteiger partial charge in [-0.2, -0.15) is 0 Å². The van der Waals surface area contributed by atoms with Crippen molar-refractivity contribution in [3.05, 3.63) is 28.8 Å². The summed E-state index contributed by atoms with van der Waals surface area (Å²) < 4.78 is 1.53. The third-order valence-electron chi connectivity index (χ3n) is 1.96. The highest BCUT2D eigenvalue weighted by molar-refractivity contribution is 6.32. The van der Waals surface area contributed by atoms with Gasteiger partial charge in [-0.1, -0.05) is 11.6 Å². The summed E-state index contributed by atoms with van der Waals surface area (Å²) in [6, 6.07) is 0. The second-order valence-electron chi connectivity index (χ2n) is 3.23. The Bertz CT molecular complexity index is 486. The summed E-state index contributed by atoms with van der Waals surface area (Å²) in [5.41, 5.74) is 7.15. The van der Waals surface area contributed by atoms with Gasteiger partial charge >= 0.3 is 0 Å². The Morgan fingerprint density at radius 2 is 2.13 bits per heavy atom. The maximum atomic E-state index is 5.81. The molecule has 2 rings (SSSR count). The molecule has 6 heteroatoms. The van der Waals surface area contributed by atoms with Crippen molar-refractivity contribution in [1.29, 1.82) is 0 Å². The monoisotopic (exact) mass is 223 g/mol. The number of hydrogen-bond acceptors (Lipinski definition) is 4. The van der Waals surface area contributed by atoms with E-state index in [-0.39, 0.29) is 0 Å². The van der Waals surface area contributed by atoms with Gasteiger partial charge in [0.15, 0.2) is 11.6 Å².